The van der Waals surface area contributed by atoms with Crippen LogP contribution in [0.5, 0.6) is 0 Å². The van der Waals surface area contributed by atoms with Gasteiger partial charge in [-0.2, -0.15) is 4.98 Å². The first-order valence-corrected chi connectivity index (χ1v) is 7.97. The Kier molecular flexibility index (Phi) is 6.14. The molecule has 0 radical (unpaired) electrons. The van der Waals surface area contributed by atoms with Crippen LogP contribution in [0.25, 0.3) is 0 Å². The Morgan fingerprint density at radius 2 is 2.21 bits per heavy atom. The van der Waals surface area contributed by atoms with Gasteiger partial charge < -0.3 is 14.7 Å². The molecule has 8 heteroatoms. The first-order valence-electron chi connectivity index (χ1n) is 7.59. The van der Waals surface area contributed by atoms with E-state index in [1.807, 2.05) is 0 Å². The molecule has 0 saturated heterocycles. The largest absolute Gasteiger partial charge is 0.337 e. The molecular weight excluding hydrogens is 335 g/mol. The van der Waals surface area contributed by atoms with E-state index in [2.05, 4.69) is 29.3 Å². The number of carbonyl (C=O) groups is 1. The predicted octanol–water partition coefficient (Wildman–Crippen LogP) is 3.40. The van der Waals surface area contributed by atoms with Gasteiger partial charge in [-0.1, -0.05) is 36.7 Å². The van der Waals surface area contributed by atoms with Crippen molar-refractivity contribution < 1.29 is 13.7 Å². The molecule has 0 unspecified atom stereocenters. The van der Waals surface area contributed by atoms with Crippen LogP contribution in [0.15, 0.2) is 22.7 Å². The minimum absolute atomic E-state index is 0.199. The maximum Gasteiger partial charge on any atom is 0.317 e. The predicted molar refractivity (Wildman–Crippen MR) is 88.0 cm³/mol. The van der Waals surface area contributed by atoms with Crippen LogP contribution in [-0.2, 0) is 19.5 Å². The van der Waals surface area contributed by atoms with E-state index in [-0.39, 0.29) is 24.1 Å². The lowest BCUT2D eigenvalue weighted by molar-refractivity contribution is 0.199. The summed E-state index contributed by atoms with van der Waals surface area (Å²) in [7, 11) is 1.62. The SMILES string of the molecule is CC(C)Cc1noc(CN(C)C(=O)NCc2ccc(F)cc2Cl)n1. The molecule has 0 saturated carbocycles. The van der Waals surface area contributed by atoms with Crippen molar-refractivity contribution in [2.24, 2.45) is 5.92 Å². The highest BCUT2D eigenvalue weighted by Gasteiger charge is 2.14. The van der Waals surface area contributed by atoms with Gasteiger partial charge in [-0.25, -0.2) is 9.18 Å². The molecule has 2 rings (SSSR count). The fourth-order valence-electron chi connectivity index (χ4n) is 2.05. The first kappa shape index (κ1) is 18.2. The summed E-state index contributed by atoms with van der Waals surface area (Å²) in [6, 6.07) is 3.72. The van der Waals surface area contributed by atoms with E-state index in [0.29, 0.717) is 23.2 Å². The molecule has 2 amide bonds. The van der Waals surface area contributed by atoms with Crippen LogP contribution in [0.1, 0.15) is 31.1 Å². The fraction of sp³-hybridized carbons (Fsp3) is 0.438. The Balaban J connectivity index is 1.86. The maximum absolute atomic E-state index is 13.0. The van der Waals surface area contributed by atoms with Crippen molar-refractivity contribution in [3.05, 3.63) is 46.3 Å². The quantitative estimate of drug-likeness (QED) is 0.863. The van der Waals surface area contributed by atoms with Gasteiger partial charge in [0.05, 0.1) is 0 Å². The van der Waals surface area contributed by atoms with Crippen molar-refractivity contribution in [2.45, 2.75) is 33.4 Å². The lowest BCUT2D eigenvalue weighted by atomic mass is 10.1. The van der Waals surface area contributed by atoms with Crippen molar-refractivity contribution in [3.8, 4) is 0 Å². The molecule has 0 aliphatic carbocycles. The molecule has 0 aliphatic rings. The number of urea groups is 1. The highest BCUT2D eigenvalue weighted by Crippen LogP contribution is 2.17. The summed E-state index contributed by atoms with van der Waals surface area (Å²) >= 11 is 5.93. The molecule has 0 spiro atoms. The van der Waals surface area contributed by atoms with E-state index in [4.69, 9.17) is 16.1 Å². The van der Waals surface area contributed by atoms with E-state index in [1.54, 1.807) is 7.05 Å². The minimum atomic E-state index is -0.416. The van der Waals surface area contributed by atoms with E-state index in [9.17, 15) is 9.18 Å². The molecular formula is C16H20ClFN4O2. The molecule has 2 aromatic rings. The Morgan fingerprint density at radius 3 is 2.88 bits per heavy atom. The van der Waals surface area contributed by atoms with Gasteiger partial charge in [0, 0.05) is 25.0 Å². The van der Waals surface area contributed by atoms with E-state index >= 15 is 0 Å². The first-order chi connectivity index (χ1) is 11.3. The fourth-order valence-corrected chi connectivity index (χ4v) is 2.28. The molecule has 24 heavy (non-hydrogen) atoms. The second-order valence-electron chi connectivity index (χ2n) is 5.95. The Bertz CT molecular complexity index is 705. The van der Waals surface area contributed by atoms with Gasteiger partial charge in [-0.3, -0.25) is 0 Å². The van der Waals surface area contributed by atoms with Crippen molar-refractivity contribution in [3.63, 3.8) is 0 Å². The average Bonchev–Trinajstić information content (AvgIpc) is 2.92. The molecule has 6 nitrogen and oxygen atoms in total. The smallest absolute Gasteiger partial charge is 0.317 e. The molecule has 130 valence electrons. The summed E-state index contributed by atoms with van der Waals surface area (Å²) < 4.78 is 18.1. The number of nitrogens with zero attached hydrogens (tertiary/aromatic N) is 3. The lowest BCUT2D eigenvalue weighted by Crippen LogP contribution is -2.36. The van der Waals surface area contributed by atoms with Gasteiger partial charge >= 0.3 is 6.03 Å². The molecule has 0 fully saturated rings. The third kappa shape index (κ3) is 5.19. The Hall–Kier alpha value is -2.15. The second-order valence-corrected chi connectivity index (χ2v) is 6.36. The zero-order valence-electron chi connectivity index (χ0n) is 13.8. The van der Waals surface area contributed by atoms with Crippen molar-refractivity contribution in [2.75, 3.05) is 7.05 Å². The van der Waals surface area contributed by atoms with Crippen LogP contribution < -0.4 is 5.32 Å². The number of benzene rings is 1. The summed E-state index contributed by atoms with van der Waals surface area (Å²) in [4.78, 5) is 17.8. The number of hydrogen-bond acceptors (Lipinski definition) is 4. The van der Waals surface area contributed by atoms with Crippen LogP contribution in [0, 0.1) is 11.7 Å². The van der Waals surface area contributed by atoms with E-state index in [0.717, 1.165) is 6.42 Å². The van der Waals surface area contributed by atoms with Crippen molar-refractivity contribution in [1.82, 2.24) is 20.4 Å². The molecule has 0 atom stereocenters. The van der Waals surface area contributed by atoms with Gasteiger partial charge in [-0.05, 0) is 23.6 Å². The van der Waals surface area contributed by atoms with Crippen LogP contribution in [0.2, 0.25) is 5.02 Å². The van der Waals surface area contributed by atoms with Gasteiger partial charge in [0.1, 0.15) is 12.4 Å². The maximum atomic E-state index is 13.0. The van der Waals surface area contributed by atoms with Crippen LogP contribution in [-0.4, -0.2) is 28.1 Å². The highest BCUT2D eigenvalue weighted by atomic mass is 35.5. The number of amides is 2. The zero-order chi connectivity index (χ0) is 17.7. The molecule has 0 bridgehead atoms. The van der Waals surface area contributed by atoms with Crippen molar-refractivity contribution >= 4 is 17.6 Å². The number of hydrogen-bond donors (Lipinski definition) is 1. The molecule has 1 aromatic carbocycles. The normalized spacial score (nSPS) is 10.9. The van der Waals surface area contributed by atoms with Gasteiger partial charge in [0.2, 0.25) is 5.89 Å². The Morgan fingerprint density at radius 1 is 1.46 bits per heavy atom. The third-order valence-corrected chi connectivity index (χ3v) is 3.62. The highest BCUT2D eigenvalue weighted by molar-refractivity contribution is 6.31. The monoisotopic (exact) mass is 354 g/mol. The third-order valence-electron chi connectivity index (χ3n) is 3.27. The number of carbonyl (C=O) groups excluding carboxylic acids is 1. The summed E-state index contributed by atoms with van der Waals surface area (Å²) in [5.41, 5.74) is 0.636. The number of halogens is 2. The molecule has 1 aromatic heterocycles. The standard InChI is InChI=1S/C16H20ClFN4O2/c1-10(2)6-14-20-15(24-21-14)9-22(3)16(23)19-8-11-4-5-12(18)7-13(11)17/h4-5,7,10H,6,8-9H2,1-3H3,(H,19,23). The van der Waals surface area contributed by atoms with Gasteiger partial charge in [0.15, 0.2) is 5.82 Å². The van der Waals surface area contributed by atoms with Gasteiger partial charge in [-0.15, -0.1) is 0 Å². The molecule has 0 aliphatic heterocycles. The van der Waals surface area contributed by atoms with Crippen molar-refractivity contribution in [1.29, 1.82) is 0 Å². The van der Waals surface area contributed by atoms with E-state index < -0.39 is 5.82 Å². The summed E-state index contributed by atoms with van der Waals surface area (Å²) in [5, 5.41) is 6.86. The van der Waals surface area contributed by atoms with Crippen LogP contribution in [0.4, 0.5) is 9.18 Å². The summed E-state index contributed by atoms with van der Waals surface area (Å²) in [5.74, 6) is 1.02. The lowest BCUT2D eigenvalue weighted by Gasteiger charge is -2.16. The summed E-state index contributed by atoms with van der Waals surface area (Å²) in [6.07, 6.45) is 0.725. The summed E-state index contributed by atoms with van der Waals surface area (Å²) in [6.45, 7) is 4.53. The van der Waals surface area contributed by atoms with E-state index in [1.165, 1.54) is 23.1 Å². The topological polar surface area (TPSA) is 71.3 Å². The zero-order valence-corrected chi connectivity index (χ0v) is 14.6. The Labute approximate surface area is 145 Å². The average molecular weight is 355 g/mol. The minimum Gasteiger partial charge on any atom is -0.337 e. The van der Waals surface area contributed by atoms with Crippen LogP contribution >= 0.6 is 11.6 Å². The number of aromatic nitrogens is 2. The molecule has 1 heterocycles. The molecule has 1 N–H and O–H groups in total. The second kappa shape index (κ2) is 8.10. The van der Waals surface area contributed by atoms with Crippen LogP contribution in [0.3, 0.4) is 0 Å². The van der Waals surface area contributed by atoms with Gasteiger partial charge in [0.25, 0.3) is 0 Å². The number of rotatable bonds is 6. The number of nitrogens with one attached hydrogen (secondary N) is 1.